The molecule has 0 amide bonds. The quantitative estimate of drug-likeness (QED) is 0.326. The number of halogens is 3. The molecule has 1 aliphatic carbocycles. The predicted octanol–water partition coefficient (Wildman–Crippen LogP) is 6.73. The molecule has 4 rings (SSSR count). The number of hydrogen-bond donors (Lipinski definition) is 0. The normalized spacial score (nSPS) is 13.9. The number of ketones is 2. The summed E-state index contributed by atoms with van der Waals surface area (Å²) in [4.78, 5) is 26.4. The van der Waals surface area contributed by atoms with E-state index in [1.54, 1.807) is 31.2 Å². The van der Waals surface area contributed by atoms with Crippen LogP contribution >= 0.6 is 23.2 Å². The Morgan fingerprint density at radius 2 is 1.74 bits per heavy atom. The molecule has 0 atom stereocenters. The van der Waals surface area contributed by atoms with E-state index in [0.29, 0.717) is 16.2 Å². The van der Waals surface area contributed by atoms with E-state index in [2.05, 4.69) is 0 Å². The van der Waals surface area contributed by atoms with E-state index in [0.717, 1.165) is 16.7 Å². The molecule has 2 nitrogen and oxygen atoms in total. The van der Waals surface area contributed by atoms with E-state index in [9.17, 15) is 14.0 Å². The molecular weight excluding hydrogens is 434 g/mol. The topological polar surface area (TPSA) is 34.1 Å². The van der Waals surface area contributed by atoms with Crippen LogP contribution in [0, 0.1) is 5.82 Å². The molecule has 0 unspecified atom stereocenters. The highest BCUT2D eigenvalue weighted by Gasteiger charge is 2.30. The summed E-state index contributed by atoms with van der Waals surface area (Å²) in [5, 5.41) is 0.712. The maximum absolute atomic E-state index is 14.3. The zero-order valence-electron chi connectivity index (χ0n) is 16.6. The Morgan fingerprint density at radius 3 is 2.45 bits per heavy atom. The van der Waals surface area contributed by atoms with E-state index in [-0.39, 0.29) is 28.4 Å². The van der Waals surface area contributed by atoms with Crippen molar-refractivity contribution >= 4 is 45.9 Å². The van der Waals surface area contributed by atoms with Gasteiger partial charge in [0.05, 0.1) is 10.6 Å². The molecule has 0 bridgehead atoms. The number of hydrogen-bond acceptors (Lipinski definition) is 2. The Hall–Kier alpha value is -3.01. The molecule has 3 aromatic rings. The lowest BCUT2D eigenvalue weighted by Gasteiger charge is -2.22. The number of allylic oxidation sites excluding steroid dienone is 3. The highest BCUT2D eigenvalue weighted by molar-refractivity contribution is 6.35. The van der Waals surface area contributed by atoms with Crippen molar-refractivity contribution in [2.75, 3.05) is 0 Å². The molecular formula is C26H17Cl2FO2. The average molecular weight is 451 g/mol. The smallest absolute Gasteiger partial charge is 0.190 e. The molecule has 5 heteroatoms. The lowest BCUT2D eigenvalue weighted by atomic mass is 9.79. The molecule has 0 aromatic heterocycles. The summed E-state index contributed by atoms with van der Waals surface area (Å²) in [6, 6.07) is 18.9. The Balaban J connectivity index is 1.93. The van der Waals surface area contributed by atoms with Crippen molar-refractivity contribution in [3.8, 4) is 0 Å². The van der Waals surface area contributed by atoms with Crippen LogP contribution in [-0.2, 0) is 16.0 Å². The largest absolute Gasteiger partial charge is 0.294 e. The Morgan fingerprint density at radius 1 is 1.00 bits per heavy atom. The van der Waals surface area contributed by atoms with Gasteiger partial charge in [0.2, 0.25) is 0 Å². The first-order valence-corrected chi connectivity index (χ1v) is 10.4. The highest BCUT2D eigenvalue weighted by Crippen LogP contribution is 2.37. The Kier molecular flexibility index (Phi) is 5.90. The minimum atomic E-state index is -0.529. The average Bonchev–Trinajstić information content (AvgIpc) is 2.73. The summed E-state index contributed by atoms with van der Waals surface area (Å²) in [7, 11) is 0. The van der Waals surface area contributed by atoms with Crippen LogP contribution in [0.1, 0.15) is 29.2 Å². The summed E-state index contributed by atoms with van der Waals surface area (Å²) in [5.41, 5.74) is 3.37. The standard InChI is InChI=1S/C26H17Cl2FO2/c1-15(24-20(28)8-5-9-21(24)29)12-22(30)26-23(31)13-17-10-11-18(27)14-19(17)25(26)16-6-3-2-4-7-16/h2-12,14H,13H2,1H3/b15-12+. The molecule has 0 spiro atoms. The van der Waals surface area contributed by atoms with Gasteiger partial charge in [0.25, 0.3) is 0 Å². The van der Waals surface area contributed by atoms with E-state index in [1.165, 1.54) is 18.2 Å². The van der Waals surface area contributed by atoms with Crippen LogP contribution in [0.25, 0.3) is 11.1 Å². The molecule has 3 aromatic carbocycles. The molecule has 0 heterocycles. The number of rotatable bonds is 4. The third-order valence-electron chi connectivity index (χ3n) is 5.23. The number of benzene rings is 3. The van der Waals surface area contributed by atoms with Crippen molar-refractivity contribution < 1.29 is 14.0 Å². The van der Waals surface area contributed by atoms with Crippen LogP contribution in [0.15, 0.2) is 78.4 Å². The van der Waals surface area contributed by atoms with Crippen molar-refractivity contribution in [2.45, 2.75) is 13.3 Å². The fourth-order valence-electron chi connectivity index (χ4n) is 3.85. The van der Waals surface area contributed by atoms with Crippen LogP contribution in [0.2, 0.25) is 10.0 Å². The minimum Gasteiger partial charge on any atom is -0.294 e. The number of Topliss-reactive ketones (excluding diaryl/α,β-unsaturated/α-hetero) is 1. The van der Waals surface area contributed by atoms with Crippen molar-refractivity contribution in [1.29, 1.82) is 0 Å². The van der Waals surface area contributed by atoms with Crippen LogP contribution in [0.4, 0.5) is 4.39 Å². The van der Waals surface area contributed by atoms with Gasteiger partial charge < -0.3 is 0 Å². The lowest BCUT2D eigenvalue weighted by Crippen LogP contribution is -2.22. The second-order valence-electron chi connectivity index (χ2n) is 7.31. The molecule has 0 saturated heterocycles. The Labute approximate surface area is 189 Å². The van der Waals surface area contributed by atoms with Gasteiger partial charge >= 0.3 is 0 Å². The summed E-state index contributed by atoms with van der Waals surface area (Å²) in [5.74, 6) is -1.31. The van der Waals surface area contributed by atoms with Crippen LogP contribution in [0.5, 0.6) is 0 Å². The van der Waals surface area contributed by atoms with Crippen LogP contribution in [0.3, 0.4) is 0 Å². The third kappa shape index (κ3) is 4.12. The van der Waals surface area contributed by atoms with Crippen molar-refractivity contribution in [2.24, 2.45) is 0 Å². The van der Waals surface area contributed by atoms with Gasteiger partial charge in [-0.1, -0.05) is 65.7 Å². The van der Waals surface area contributed by atoms with Gasteiger partial charge in [-0.15, -0.1) is 0 Å². The summed E-state index contributed by atoms with van der Waals surface area (Å²) < 4.78 is 14.3. The SMILES string of the molecule is C/C(=C\C(=O)C1=C(c2ccccc2)c2cc(Cl)ccc2CC1=O)c1c(F)cccc1Cl. The maximum atomic E-state index is 14.3. The van der Waals surface area contributed by atoms with Gasteiger partial charge in [-0.3, -0.25) is 9.59 Å². The van der Waals surface area contributed by atoms with Crippen molar-refractivity contribution in [3.63, 3.8) is 0 Å². The van der Waals surface area contributed by atoms with Gasteiger partial charge in [0.1, 0.15) is 5.82 Å². The molecule has 0 fully saturated rings. The first-order valence-electron chi connectivity index (χ1n) is 9.65. The maximum Gasteiger partial charge on any atom is 0.190 e. The lowest BCUT2D eigenvalue weighted by molar-refractivity contribution is -0.119. The van der Waals surface area contributed by atoms with Gasteiger partial charge in [-0.2, -0.15) is 0 Å². The minimum absolute atomic E-state index is 0.0628. The van der Waals surface area contributed by atoms with Gasteiger partial charge in [-0.05, 0) is 59.5 Å². The molecule has 0 radical (unpaired) electrons. The van der Waals surface area contributed by atoms with Crippen molar-refractivity contribution in [1.82, 2.24) is 0 Å². The molecule has 31 heavy (non-hydrogen) atoms. The summed E-state index contributed by atoms with van der Waals surface area (Å²) >= 11 is 12.4. The number of carbonyl (C=O) groups is 2. The van der Waals surface area contributed by atoms with Gasteiger partial charge in [-0.25, -0.2) is 4.39 Å². The summed E-state index contributed by atoms with van der Waals surface area (Å²) in [6.45, 7) is 1.60. The number of fused-ring (bicyclic) bond motifs is 1. The van der Waals surface area contributed by atoms with Gasteiger partial charge in [0.15, 0.2) is 11.6 Å². The van der Waals surface area contributed by atoms with E-state index < -0.39 is 11.6 Å². The zero-order chi connectivity index (χ0) is 22.1. The molecule has 0 N–H and O–H groups in total. The zero-order valence-corrected chi connectivity index (χ0v) is 18.1. The first-order chi connectivity index (χ1) is 14.9. The Bertz CT molecular complexity index is 1250. The molecule has 0 aliphatic heterocycles. The first kappa shape index (κ1) is 21.2. The van der Waals surface area contributed by atoms with Crippen LogP contribution in [-0.4, -0.2) is 11.6 Å². The molecule has 154 valence electrons. The summed E-state index contributed by atoms with van der Waals surface area (Å²) in [6.07, 6.45) is 1.37. The molecule has 0 saturated carbocycles. The number of carbonyl (C=O) groups excluding carboxylic acids is 2. The predicted molar refractivity (Wildman–Crippen MR) is 123 cm³/mol. The van der Waals surface area contributed by atoms with E-state index in [1.807, 2.05) is 30.3 Å². The fraction of sp³-hybridized carbons (Fsp3) is 0.0769. The van der Waals surface area contributed by atoms with Crippen molar-refractivity contribution in [3.05, 3.63) is 116 Å². The monoisotopic (exact) mass is 450 g/mol. The van der Waals surface area contributed by atoms with E-state index in [4.69, 9.17) is 23.2 Å². The highest BCUT2D eigenvalue weighted by atomic mass is 35.5. The molecule has 1 aliphatic rings. The van der Waals surface area contributed by atoms with E-state index >= 15 is 0 Å². The second-order valence-corrected chi connectivity index (χ2v) is 8.15. The fourth-order valence-corrected chi connectivity index (χ4v) is 4.34. The second kappa shape index (κ2) is 8.62. The van der Waals surface area contributed by atoms with Gasteiger partial charge in [0, 0.05) is 22.6 Å². The third-order valence-corrected chi connectivity index (χ3v) is 5.78. The van der Waals surface area contributed by atoms with Crippen LogP contribution < -0.4 is 0 Å².